The molecule has 3 nitrogen and oxygen atoms in total. The number of allylic oxidation sites excluding steroid dienone is 2. The van der Waals surface area contributed by atoms with Crippen LogP contribution in [0.4, 0.5) is 0 Å². The number of benzene rings is 1. The van der Waals surface area contributed by atoms with Crippen molar-refractivity contribution in [2.24, 2.45) is 0 Å². The first-order chi connectivity index (χ1) is 9.55. The molecule has 0 fully saturated rings. The van der Waals surface area contributed by atoms with Gasteiger partial charge in [0.05, 0.1) is 0 Å². The Kier molecular flexibility index (Phi) is 4.05. The van der Waals surface area contributed by atoms with Gasteiger partial charge in [0.25, 0.3) is 0 Å². The minimum Gasteiger partial charge on any atom is -0.382 e. The minimum atomic E-state index is -0.171. The highest BCUT2D eigenvalue weighted by atomic mass is 16.1. The fourth-order valence-corrected chi connectivity index (χ4v) is 2.32. The lowest BCUT2D eigenvalue weighted by Gasteiger charge is -2.06. The van der Waals surface area contributed by atoms with Crippen LogP contribution in [0.2, 0.25) is 0 Å². The van der Waals surface area contributed by atoms with Gasteiger partial charge < -0.3 is 4.90 Å². The maximum atomic E-state index is 12.3. The fraction of sp³-hybridized carbons (Fsp3) is 0.294. The summed E-state index contributed by atoms with van der Waals surface area (Å²) in [5.41, 5.74) is 4.41. The number of Topliss-reactive ketones (excluding diaryl/α,β-unsaturated/α-hetero) is 1. The van der Waals surface area contributed by atoms with Gasteiger partial charge in [-0.3, -0.25) is 4.79 Å². The van der Waals surface area contributed by atoms with E-state index in [1.165, 1.54) is 5.56 Å². The first kappa shape index (κ1) is 14.1. The van der Waals surface area contributed by atoms with E-state index < -0.39 is 0 Å². The summed E-state index contributed by atoms with van der Waals surface area (Å²) >= 11 is 0. The molecule has 1 aliphatic carbocycles. The van der Waals surface area contributed by atoms with Gasteiger partial charge >= 0.3 is 0 Å². The molecule has 0 atom stereocenters. The van der Waals surface area contributed by atoms with Crippen LogP contribution in [0.1, 0.15) is 23.6 Å². The summed E-state index contributed by atoms with van der Waals surface area (Å²) in [4.78, 5) is 14.1. The van der Waals surface area contributed by atoms with E-state index in [2.05, 4.69) is 25.1 Å². The topological polar surface area (TPSA) is 44.1 Å². The Hall–Kier alpha value is -2.34. The third-order valence-electron chi connectivity index (χ3n) is 3.37. The first-order valence-electron chi connectivity index (χ1n) is 6.70. The Morgan fingerprint density at radius 3 is 2.80 bits per heavy atom. The lowest BCUT2D eigenvalue weighted by Crippen LogP contribution is -2.10. The summed E-state index contributed by atoms with van der Waals surface area (Å²) in [5.74, 6) is -0.171. The normalized spacial score (nSPS) is 13.5. The summed E-state index contributed by atoms with van der Waals surface area (Å²) in [6.07, 6.45) is 5.08. The number of aryl methyl sites for hydroxylation is 1. The van der Waals surface area contributed by atoms with Crippen molar-refractivity contribution >= 4 is 11.9 Å². The average Bonchev–Trinajstić information content (AvgIpc) is 2.86. The van der Waals surface area contributed by atoms with Gasteiger partial charge in [0, 0.05) is 32.3 Å². The van der Waals surface area contributed by atoms with Crippen LogP contribution in [-0.4, -0.2) is 24.8 Å². The summed E-state index contributed by atoms with van der Waals surface area (Å²) in [5, 5.41) is 9.11. The number of ketones is 1. The highest BCUT2D eigenvalue weighted by Crippen LogP contribution is 2.28. The number of rotatable bonds is 4. The Morgan fingerprint density at radius 1 is 1.45 bits per heavy atom. The van der Waals surface area contributed by atoms with Crippen molar-refractivity contribution in [1.82, 2.24) is 4.90 Å². The van der Waals surface area contributed by atoms with Crippen LogP contribution in [-0.2, 0) is 17.6 Å². The molecule has 0 amide bonds. The van der Waals surface area contributed by atoms with Crippen molar-refractivity contribution in [3.8, 4) is 6.07 Å². The molecule has 0 N–H and O–H groups in total. The Balaban J connectivity index is 2.29. The molecular weight excluding hydrogens is 248 g/mol. The van der Waals surface area contributed by atoms with E-state index in [4.69, 9.17) is 5.26 Å². The summed E-state index contributed by atoms with van der Waals surface area (Å²) < 4.78 is 0. The van der Waals surface area contributed by atoms with Crippen LogP contribution < -0.4 is 0 Å². The van der Waals surface area contributed by atoms with Gasteiger partial charge in [-0.1, -0.05) is 25.1 Å². The number of nitriles is 1. The number of fused-ring (bicyclic) bond motifs is 1. The smallest absolute Gasteiger partial charge is 0.201 e. The molecule has 1 aromatic rings. The van der Waals surface area contributed by atoms with E-state index in [0.29, 0.717) is 12.0 Å². The van der Waals surface area contributed by atoms with Crippen molar-refractivity contribution in [1.29, 1.82) is 5.26 Å². The summed E-state index contributed by atoms with van der Waals surface area (Å²) in [7, 11) is 3.60. The molecule has 0 saturated carbocycles. The van der Waals surface area contributed by atoms with Gasteiger partial charge in [0.2, 0.25) is 5.78 Å². The highest BCUT2D eigenvalue weighted by molar-refractivity contribution is 6.14. The van der Waals surface area contributed by atoms with E-state index in [0.717, 1.165) is 17.5 Å². The molecule has 0 radical (unpaired) electrons. The maximum Gasteiger partial charge on any atom is 0.201 e. The summed E-state index contributed by atoms with van der Waals surface area (Å²) in [6.45, 7) is 2.11. The second-order valence-corrected chi connectivity index (χ2v) is 5.18. The molecule has 0 heterocycles. The van der Waals surface area contributed by atoms with Crippen LogP contribution in [0.25, 0.3) is 6.08 Å². The van der Waals surface area contributed by atoms with Gasteiger partial charge in [-0.2, -0.15) is 5.26 Å². The zero-order chi connectivity index (χ0) is 14.7. The van der Waals surface area contributed by atoms with E-state index in [1.54, 1.807) is 25.2 Å². The number of hydrogen-bond donors (Lipinski definition) is 0. The van der Waals surface area contributed by atoms with Crippen molar-refractivity contribution in [2.75, 3.05) is 14.1 Å². The van der Waals surface area contributed by atoms with Gasteiger partial charge in [-0.15, -0.1) is 0 Å². The molecule has 2 rings (SSSR count). The lowest BCUT2D eigenvalue weighted by atomic mass is 10.0. The first-order valence-corrected chi connectivity index (χ1v) is 6.70. The van der Waals surface area contributed by atoms with Gasteiger partial charge in [-0.05, 0) is 29.2 Å². The van der Waals surface area contributed by atoms with Gasteiger partial charge in [-0.25, -0.2) is 0 Å². The molecule has 0 aliphatic heterocycles. The van der Waals surface area contributed by atoms with Crippen molar-refractivity contribution in [3.05, 3.63) is 52.2 Å². The van der Waals surface area contributed by atoms with E-state index >= 15 is 0 Å². The highest BCUT2D eigenvalue weighted by Gasteiger charge is 2.21. The third kappa shape index (κ3) is 2.80. The minimum absolute atomic E-state index is 0.171. The molecule has 102 valence electrons. The van der Waals surface area contributed by atoms with Crippen LogP contribution >= 0.6 is 0 Å². The summed E-state index contributed by atoms with van der Waals surface area (Å²) in [6, 6.07) is 8.29. The second kappa shape index (κ2) is 5.75. The Bertz CT molecular complexity index is 645. The van der Waals surface area contributed by atoms with Crippen molar-refractivity contribution in [2.45, 2.75) is 19.8 Å². The molecule has 0 unspecified atom stereocenters. The third-order valence-corrected chi connectivity index (χ3v) is 3.37. The fourth-order valence-electron chi connectivity index (χ4n) is 2.32. The largest absolute Gasteiger partial charge is 0.382 e. The molecule has 0 bridgehead atoms. The average molecular weight is 266 g/mol. The number of carbonyl (C=O) groups excluding carboxylic acids is 1. The monoisotopic (exact) mass is 266 g/mol. The molecule has 1 aliphatic rings. The van der Waals surface area contributed by atoms with Crippen LogP contribution in [0, 0.1) is 11.3 Å². The maximum absolute atomic E-state index is 12.3. The van der Waals surface area contributed by atoms with E-state index in [-0.39, 0.29) is 11.4 Å². The SMILES string of the molecule is CCc1ccc2c(c1)C=C(C(=O)C(C#N)=CN(C)C)C2. The molecule has 3 heteroatoms. The van der Waals surface area contributed by atoms with Gasteiger partial charge in [0.1, 0.15) is 11.6 Å². The van der Waals surface area contributed by atoms with E-state index in [9.17, 15) is 4.79 Å². The second-order valence-electron chi connectivity index (χ2n) is 5.18. The quantitative estimate of drug-likeness (QED) is 0.621. The number of carbonyl (C=O) groups is 1. The van der Waals surface area contributed by atoms with Crippen molar-refractivity contribution < 1.29 is 4.79 Å². The Labute approximate surface area is 119 Å². The number of nitrogens with zero attached hydrogens (tertiary/aromatic N) is 2. The standard InChI is InChI=1S/C17H18N2O/c1-4-12-5-6-13-8-15(9-14(13)7-12)17(20)16(10-18)11-19(2)3/h5-7,9,11H,4,8H2,1-3H3. The molecule has 20 heavy (non-hydrogen) atoms. The predicted molar refractivity (Wildman–Crippen MR) is 79.9 cm³/mol. The molecule has 0 aromatic heterocycles. The predicted octanol–water partition coefficient (Wildman–Crippen LogP) is 2.73. The zero-order valence-corrected chi connectivity index (χ0v) is 12.1. The lowest BCUT2D eigenvalue weighted by molar-refractivity contribution is -0.111. The molecule has 0 spiro atoms. The van der Waals surface area contributed by atoms with Crippen LogP contribution in [0.5, 0.6) is 0 Å². The Morgan fingerprint density at radius 2 is 2.20 bits per heavy atom. The van der Waals surface area contributed by atoms with Gasteiger partial charge in [0.15, 0.2) is 0 Å². The molecular formula is C17H18N2O. The number of hydrogen-bond acceptors (Lipinski definition) is 3. The molecule has 1 aromatic carbocycles. The van der Waals surface area contributed by atoms with Crippen LogP contribution in [0.15, 0.2) is 35.5 Å². The zero-order valence-electron chi connectivity index (χ0n) is 12.1. The van der Waals surface area contributed by atoms with Crippen LogP contribution in [0.3, 0.4) is 0 Å². The van der Waals surface area contributed by atoms with Crippen molar-refractivity contribution in [3.63, 3.8) is 0 Å². The molecule has 0 saturated heterocycles. The van der Waals surface area contributed by atoms with E-state index in [1.807, 2.05) is 12.1 Å².